The normalized spacial score (nSPS) is 12.9. The molecule has 0 spiro atoms. The summed E-state index contributed by atoms with van der Waals surface area (Å²) in [4.78, 5) is 2.39. The van der Waals surface area contributed by atoms with Gasteiger partial charge in [0, 0.05) is 38.7 Å². The molecule has 0 aliphatic heterocycles. The first-order chi connectivity index (χ1) is 30.0. The average Bonchev–Trinajstić information content (AvgIpc) is 3.81. The molecule has 11 aromatic rings. The van der Waals surface area contributed by atoms with Crippen LogP contribution in [0, 0.1) is 0 Å². The summed E-state index contributed by atoms with van der Waals surface area (Å²) in [6.07, 6.45) is 0. The minimum absolute atomic E-state index is 0.0214. The number of furan rings is 1. The Kier molecular flexibility index (Phi) is 7.92. The molecule has 1 aliphatic rings. The smallest absolute Gasteiger partial charge is 0.143 e. The van der Waals surface area contributed by atoms with E-state index in [1.807, 2.05) is 6.07 Å². The third-order valence-corrected chi connectivity index (χ3v) is 13.1. The van der Waals surface area contributed by atoms with Crippen molar-refractivity contribution in [3.63, 3.8) is 0 Å². The van der Waals surface area contributed by atoms with E-state index in [1.54, 1.807) is 0 Å². The van der Waals surface area contributed by atoms with Crippen molar-refractivity contribution in [3.8, 4) is 44.5 Å². The number of fused-ring (bicyclic) bond motifs is 9. The molecule has 0 unspecified atom stereocenters. The highest BCUT2D eigenvalue weighted by molar-refractivity contribution is 6.13. The van der Waals surface area contributed by atoms with E-state index in [-0.39, 0.29) is 5.41 Å². The molecule has 0 fully saturated rings. The molecule has 0 atom stereocenters. The van der Waals surface area contributed by atoms with Gasteiger partial charge < -0.3 is 9.32 Å². The van der Waals surface area contributed by atoms with Crippen LogP contribution in [0.15, 0.2) is 217 Å². The summed E-state index contributed by atoms with van der Waals surface area (Å²) in [6.45, 7) is 4.67. The van der Waals surface area contributed by atoms with E-state index < -0.39 is 0 Å². The molecule has 0 amide bonds. The molecule has 1 aliphatic carbocycles. The van der Waals surface area contributed by atoms with Gasteiger partial charge in [0.05, 0.1) is 5.69 Å². The molecule has 2 heteroatoms. The van der Waals surface area contributed by atoms with Gasteiger partial charge in [-0.15, -0.1) is 0 Å². The predicted molar refractivity (Wildman–Crippen MR) is 257 cm³/mol. The van der Waals surface area contributed by atoms with Gasteiger partial charge in [-0.05, 0) is 109 Å². The summed E-state index contributed by atoms with van der Waals surface area (Å²) in [5.41, 5.74) is 17.4. The molecule has 10 aromatic carbocycles. The molecular weight excluding hydrogens is 739 g/mol. The zero-order chi connectivity index (χ0) is 40.7. The van der Waals surface area contributed by atoms with Crippen LogP contribution in [0.3, 0.4) is 0 Å². The first-order valence-electron chi connectivity index (χ1n) is 21.2. The zero-order valence-electron chi connectivity index (χ0n) is 34.1. The lowest BCUT2D eigenvalue weighted by Crippen LogP contribution is -2.14. The van der Waals surface area contributed by atoms with Crippen LogP contribution in [0.25, 0.3) is 88.0 Å². The molecule has 0 bridgehead atoms. The third kappa shape index (κ3) is 5.56. The number of nitrogens with zero attached hydrogens (tertiary/aromatic N) is 1. The maximum Gasteiger partial charge on any atom is 0.143 e. The predicted octanol–water partition coefficient (Wildman–Crippen LogP) is 16.7. The van der Waals surface area contributed by atoms with Crippen molar-refractivity contribution in [2.75, 3.05) is 4.90 Å². The van der Waals surface area contributed by atoms with Crippen LogP contribution in [0.2, 0.25) is 0 Å². The first-order valence-corrected chi connectivity index (χ1v) is 21.2. The monoisotopic (exact) mass is 779 g/mol. The standard InChI is InChI=1S/C59H41NO/c1-59(2)54-22-8-5-15-48(54)53-37-41(30-36-55(53)59)38-25-31-42(32-26-38)60(56-23-9-6-16-49(56)51-20-12-21-52-50-17-7-10-24-57(50)61-58(51)52)43-33-27-40(28-34-43)45-18-11-19-46-44-14-4-3-13-39(44)29-35-47(45)46/h3-37H,1-2H3. The summed E-state index contributed by atoms with van der Waals surface area (Å²) in [5.74, 6) is 0. The third-order valence-electron chi connectivity index (χ3n) is 13.1. The van der Waals surface area contributed by atoms with Gasteiger partial charge >= 0.3 is 0 Å². The molecule has 1 heterocycles. The molecule has 2 nitrogen and oxygen atoms in total. The Morgan fingerprint density at radius 3 is 1.77 bits per heavy atom. The van der Waals surface area contributed by atoms with Crippen LogP contribution in [0.4, 0.5) is 17.1 Å². The fourth-order valence-corrected chi connectivity index (χ4v) is 10.1. The summed E-state index contributed by atoms with van der Waals surface area (Å²) in [6, 6.07) is 77.4. The van der Waals surface area contributed by atoms with Crippen molar-refractivity contribution in [2.45, 2.75) is 19.3 Å². The topological polar surface area (TPSA) is 16.4 Å². The molecule has 0 N–H and O–H groups in total. The van der Waals surface area contributed by atoms with Gasteiger partial charge in [0.25, 0.3) is 0 Å². The fourth-order valence-electron chi connectivity index (χ4n) is 10.1. The van der Waals surface area contributed by atoms with Crippen molar-refractivity contribution >= 4 is 60.5 Å². The van der Waals surface area contributed by atoms with Gasteiger partial charge in [0.15, 0.2) is 0 Å². The number of benzene rings is 10. The minimum Gasteiger partial charge on any atom is -0.455 e. The van der Waals surface area contributed by atoms with Crippen molar-refractivity contribution in [3.05, 3.63) is 223 Å². The summed E-state index contributed by atoms with van der Waals surface area (Å²) in [7, 11) is 0. The van der Waals surface area contributed by atoms with Crippen LogP contribution in [0.1, 0.15) is 25.0 Å². The molecule has 12 rings (SSSR count). The van der Waals surface area contributed by atoms with E-state index in [2.05, 4.69) is 225 Å². The molecule has 0 saturated heterocycles. The highest BCUT2D eigenvalue weighted by Gasteiger charge is 2.35. The van der Waals surface area contributed by atoms with Gasteiger partial charge in [-0.3, -0.25) is 0 Å². The van der Waals surface area contributed by atoms with Crippen LogP contribution >= 0.6 is 0 Å². The highest BCUT2D eigenvalue weighted by Crippen LogP contribution is 2.50. The summed E-state index contributed by atoms with van der Waals surface area (Å²) in [5, 5.41) is 7.30. The Morgan fingerprint density at radius 2 is 0.951 bits per heavy atom. The Bertz CT molecular complexity index is 3500. The quantitative estimate of drug-likeness (QED) is 0.156. The molecule has 0 radical (unpaired) electrons. The van der Waals surface area contributed by atoms with Gasteiger partial charge in [-0.25, -0.2) is 0 Å². The Labute approximate surface area is 355 Å². The van der Waals surface area contributed by atoms with E-state index in [0.29, 0.717) is 0 Å². The maximum atomic E-state index is 6.62. The van der Waals surface area contributed by atoms with Crippen molar-refractivity contribution < 1.29 is 4.42 Å². The largest absolute Gasteiger partial charge is 0.455 e. The van der Waals surface area contributed by atoms with E-state index in [9.17, 15) is 0 Å². The van der Waals surface area contributed by atoms with E-state index in [4.69, 9.17) is 4.42 Å². The number of rotatable bonds is 6. The average molecular weight is 780 g/mol. The Hall–Kier alpha value is -7.68. The molecule has 61 heavy (non-hydrogen) atoms. The Morgan fingerprint density at radius 1 is 0.361 bits per heavy atom. The van der Waals surface area contributed by atoms with Crippen molar-refractivity contribution in [2.24, 2.45) is 0 Å². The van der Waals surface area contributed by atoms with Crippen LogP contribution in [-0.4, -0.2) is 0 Å². The molecule has 288 valence electrons. The van der Waals surface area contributed by atoms with Crippen LogP contribution < -0.4 is 4.90 Å². The van der Waals surface area contributed by atoms with Crippen molar-refractivity contribution in [1.82, 2.24) is 0 Å². The second-order valence-corrected chi connectivity index (χ2v) is 16.8. The van der Waals surface area contributed by atoms with Gasteiger partial charge in [0.1, 0.15) is 11.2 Å². The van der Waals surface area contributed by atoms with E-state index >= 15 is 0 Å². The second kappa shape index (κ2) is 13.7. The SMILES string of the molecule is CC1(C)c2ccccc2-c2cc(-c3ccc(N(c4ccc(-c5cccc6c5ccc5ccccc56)cc4)c4ccccc4-c4cccc5c4oc4ccccc45)cc3)ccc21. The fraction of sp³-hybridized carbons (Fsp3) is 0.0508. The molecule has 0 saturated carbocycles. The highest BCUT2D eigenvalue weighted by atomic mass is 16.3. The number of para-hydroxylation sites is 3. The summed E-state index contributed by atoms with van der Waals surface area (Å²) < 4.78 is 6.62. The second-order valence-electron chi connectivity index (χ2n) is 16.8. The van der Waals surface area contributed by atoms with Crippen LogP contribution in [-0.2, 0) is 5.41 Å². The summed E-state index contributed by atoms with van der Waals surface area (Å²) >= 11 is 0. The van der Waals surface area contributed by atoms with Gasteiger partial charge in [0.2, 0.25) is 0 Å². The van der Waals surface area contributed by atoms with Crippen molar-refractivity contribution in [1.29, 1.82) is 0 Å². The zero-order valence-corrected chi connectivity index (χ0v) is 34.1. The van der Waals surface area contributed by atoms with Gasteiger partial charge in [-0.1, -0.05) is 184 Å². The number of hydrogen-bond donors (Lipinski definition) is 0. The lowest BCUT2D eigenvalue weighted by molar-refractivity contribution is 0.660. The lowest BCUT2D eigenvalue weighted by Gasteiger charge is -2.28. The van der Waals surface area contributed by atoms with E-state index in [0.717, 1.165) is 50.1 Å². The van der Waals surface area contributed by atoms with E-state index in [1.165, 1.54) is 66.1 Å². The lowest BCUT2D eigenvalue weighted by atomic mass is 9.82. The Balaban J connectivity index is 0.995. The minimum atomic E-state index is -0.0214. The maximum absolute atomic E-state index is 6.62. The number of hydrogen-bond acceptors (Lipinski definition) is 2. The van der Waals surface area contributed by atoms with Gasteiger partial charge in [-0.2, -0.15) is 0 Å². The van der Waals surface area contributed by atoms with Crippen LogP contribution in [0.5, 0.6) is 0 Å². The molecular formula is C59H41NO. The number of anilines is 3. The molecule has 1 aromatic heterocycles. The first kappa shape index (κ1) is 35.3.